The van der Waals surface area contributed by atoms with E-state index in [1.54, 1.807) is 26.2 Å². The lowest BCUT2D eigenvalue weighted by Gasteiger charge is -2.11. The van der Waals surface area contributed by atoms with Crippen molar-refractivity contribution >= 4 is 11.6 Å². The number of carbonyl (C=O) groups excluding carboxylic acids is 1. The van der Waals surface area contributed by atoms with Crippen molar-refractivity contribution in [1.82, 2.24) is 9.88 Å². The average molecular weight is 204 g/mol. The number of rotatable bonds is 3. The van der Waals surface area contributed by atoms with Gasteiger partial charge in [-0.15, -0.1) is 0 Å². The molecule has 0 aliphatic carbocycles. The quantitative estimate of drug-likeness (QED) is 0.776. The molecule has 1 aromatic heterocycles. The van der Waals surface area contributed by atoms with Crippen LogP contribution in [0.15, 0.2) is 18.3 Å². The van der Waals surface area contributed by atoms with Gasteiger partial charge in [-0.3, -0.25) is 4.79 Å². The van der Waals surface area contributed by atoms with E-state index in [2.05, 4.69) is 10.3 Å². The number of nitrogens with one attached hydrogen (secondary N) is 1. The Morgan fingerprint density at radius 2 is 2.40 bits per heavy atom. The number of aromatic nitrogens is 1. The molecule has 1 heterocycles. The van der Waals surface area contributed by atoms with Crippen LogP contribution in [0.2, 0.25) is 0 Å². The normalized spacial score (nSPS) is 9.13. The topological polar surface area (TPSA) is 69.0 Å². The van der Waals surface area contributed by atoms with Crippen molar-refractivity contribution in [3.05, 3.63) is 24.0 Å². The molecule has 15 heavy (non-hydrogen) atoms. The molecule has 78 valence electrons. The minimum Gasteiger partial charge on any atom is -0.374 e. The first-order valence-electron chi connectivity index (χ1n) is 4.44. The number of pyridine rings is 1. The first-order chi connectivity index (χ1) is 7.15. The monoisotopic (exact) mass is 204 g/mol. The zero-order valence-electron chi connectivity index (χ0n) is 8.69. The van der Waals surface area contributed by atoms with Crippen molar-refractivity contribution in [2.24, 2.45) is 0 Å². The average Bonchev–Trinajstić information content (AvgIpc) is 2.26. The highest BCUT2D eigenvalue weighted by molar-refractivity contribution is 5.80. The summed E-state index contributed by atoms with van der Waals surface area (Å²) in [4.78, 5) is 16.6. The summed E-state index contributed by atoms with van der Waals surface area (Å²) in [5.74, 6) is -0.0530. The standard InChI is InChI=1S/C10H12N4O/c1-14(2)10(15)7-13-8-4-3-5-12-9(8)6-11/h3-5,13H,7H2,1-2H3. The van der Waals surface area contributed by atoms with E-state index in [1.807, 2.05) is 6.07 Å². The van der Waals surface area contributed by atoms with Gasteiger partial charge in [0.25, 0.3) is 0 Å². The summed E-state index contributed by atoms with van der Waals surface area (Å²) in [7, 11) is 3.36. The van der Waals surface area contributed by atoms with E-state index in [4.69, 9.17) is 5.26 Å². The molecule has 1 aromatic rings. The number of likely N-dealkylation sites (N-methyl/N-ethyl adjacent to an activating group) is 1. The molecular formula is C10H12N4O. The molecule has 0 saturated heterocycles. The molecule has 0 saturated carbocycles. The Hall–Kier alpha value is -2.09. The molecule has 0 bridgehead atoms. The van der Waals surface area contributed by atoms with E-state index >= 15 is 0 Å². The highest BCUT2D eigenvalue weighted by Crippen LogP contribution is 2.09. The van der Waals surface area contributed by atoms with Gasteiger partial charge in [0.05, 0.1) is 12.2 Å². The Balaban J connectivity index is 2.66. The van der Waals surface area contributed by atoms with Crippen LogP contribution < -0.4 is 5.32 Å². The SMILES string of the molecule is CN(C)C(=O)CNc1cccnc1C#N. The molecule has 0 aromatic carbocycles. The molecule has 0 atom stereocenters. The first-order valence-corrected chi connectivity index (χ1v) is 4.44. The third kappa shape index (κ3) is 2.95. The van der Waals surface area contributed by atoms with Crippen molar-refractivity contribution in [2.75, 3.05) is 26.0 Å². The molecule has 1 N–H and O–H groups in total. The molecule has 0 fully saturated rings. The highest BCUT2D eigenvalue weighted by atomic mass is 16.2. The second-order valence-electron chi connectivity index (χ2n) is 3.15. The number of hydrogen-bond acceptors (Lipinski definition) is 4. The van der Waals surface area contributed by atoms with Gasteiger partial charge in [0, 0.05) is 20.3 Å². The second kappa shape index (κ2) is 4.96. The van der Waals surface area contributed by atoms with Gasteiger partial charge in [0.15, 0.2) is 5.69 Å². The minimum absolute atomic E-state index is 0.0530. The van der Waals surface area contributed by atoms with Gasteiger partial charge in [-0.25, -0.2) is 4.98 Å². The lowest BCUT2D eigenvalue weighted by molar-refractivity contribution is -0.126. The summed E-state index contributed by atoms with van der Waals surface area (Å²) in [6, 6.07) is 5.38. The van der Waals surface area contributed by atoms with Crippen LogP contribution in [0.1, 0.15) is 5.69 Å². The number of nitriles is 1. The van der Waals surface area contributed by atoms with Gasteiger partial charge in [-0.05, 0) is 12.1 Å². The van der Waals surface area contributed by atoms with E-state index in [-0.39, 0.29) is 12.5 Å². The molecule has 0 spiro atoms. The smallest absolute Gasteiger partial charge is 0.241 e. The van der Waals surface area contributed by atoms with Crippen LogP contribution in [-0.2, 0) is 4.79 Å². The third-order valence-electron chi connectivity index (χ3n) is 1.84. The molecule has 0 radical (unpaired) electrons. The van der Waals surface area contributed by atoms with E-state index in [0.29, 0.717) is 11.4 Å². The lowest BCUT2D eigenvalue weighted by Crippen LogP contribution is -2.28. The fraction of sp³-hybridized carbons (Fsp3) is 0.300. The third-order valence-corrected chi connectivity index (χ3v) is 1.84. The molecular weight excluding hydrogens is 192 g/mol. The van der Waals surface area contributed by atoms with Gasteiger partial charge < -0.3 is 10.2 Å². The fourth-order valence-electron chi connectivity index (χ4n) is 0.966. The Kier molecular flexibility index (Phi) is 3.63. The van der Waals surface area contributed by atoms with Crippen molar-refractivity contribution in [3.63, 3.8) is 0 Å². The van der Waals surface area contributed by atoms with Crippen LogP contribution in [0.25, 0.3) is 0 Å². The summed E-state index contributed by atoms with van der Waals surface area (Å²) in [6.45, 7) is 0.160. The van der Waals surface area contributed by atoms with Crippen LogP contribution in [0.4, 0.5) is 5.69 Å². The first kappa shape index (κ1) is 11.0. The van der Waals surface area contributed by atoms with Crippen molar-refractivity contribution < 1.29 is 4.79 Å². The minimum atomic E-state index is -0.0530. The molecule has 1 rings (SSSR count). The molecule has 5 heteroatoms. The molecule has 1 amide bonds. The maximum absolute atomic E-state index is 11.3. The molecule has 0 aliphatic rings. The summed E-state index contributed by atoms with van der Waals surface area (Å²) < 4.78 is 0. The molecule has 5 nitrogen and oxygen atoms in total. The number of anilines is 1. The van der Waals surface area contributed by atoms with Gasteiger partial charge in [-0.1, -0.05) is 0 Å². The maximum atomic E-state index is 11.3. The second-order valence-corrected chi connectivity index (χ2v) is 3.15. The van der Waals surface area contributed by atoms with E-state index < -0.39 is 0 Å². The van der Waals surface area contributed by atoms with Crippen LogP contribution in [-0.4, -0.2) is 36.4 Å². The zero-order chi connectivity index (χ0) is 11.3. The Labute approximate surface area is 88.3 Å². The van der Waals surface area contributed by atoms with E-state index in [9.17, 15) is 4.79 Å². The predicted molar refractivity (Wildman–Crippen MR) is 56.1 cm³/mol. The van der Waals surface area contributed by atoms with E-state index in [0.717, 1.165) is 0 Å². The fourth-order valence-corrected chi connectivity index (χ4v) is 0.966. The van der Waals surface area contributed by atoms with Crippen LogP contribution in [0, 0.1) is 11.3 Å². The largest absolute Gasteiger partial charge is 0.374 e. The highest BCUT2D eigenvalue weighted by Gasteiger charge is 2.06. The van der Waals surface area contributed by atoms with Crippen molar-refractivity contribution in [2.45, 2.75) is 0 Å². The number of nitrogens with zero attached hydrogens (tertiary/aromatic N) is 3. The van der Waals surface area contributed by atoms with Gasteiger partial charge in [0.2, 0.25) is 5.91 Å². The zero-order valence-corrected chi connectivity index (χ0v) is 8.69. The van der Waals surface area contributed by atoms with Crippen LogP contribution in [0.5, 0.6) is 0 Å². The van der Waals surface area contributed by atoms with Crippen LogP contribution >= 0.6 is 0 Å². The Morgan fingerprint density at radius 1 is 1.67 bits per heavy atom. The predicted octanol–water partition coefficient (Wildman–Crippen LogP) is 0.453. The number of amides is 1. The summed E-state index contributed by atoms with van der Waals surface area (Å²) >= 11 is 0. The van der Waals surface area contributed by atoms with Crippen molar-refractivity contribution in [1.29, 1.82) is 5.26 Å². The number of hydrogen-bond donors (Lipinski definition) is 1. The van der Waals surface area contributed by atoms with Gasteiger partial charge >= 0.3 is 0 Å². The van der Waals surface area contributed by atoms with Crippen LogP contribution in [0.3, 0.4) is 0 Å². The summed E-state index contributed by atoms with van der Waals surface area (Å²) in [5.41, 5.74) is 0.874. The molecule has 0 unspecified atom stereocenters. The summed E-state index contributed by atoms with van der Waals surface area (Å²) in [6.07, 6.45) is 1.54. The summed E-state index contributed by atoms with van der Waals surface area (Å²) in [5, 5.41) is 11.6. The Morgan fingerprint density at radius 3 is 3.00 bits per heavy atom. The number of carbonyl (C=O) groups is 1. The Bertz CT molecular complexity index is 395. The lowest BCUT2D eigenvalue weighted by atomic mass is 10.3. The van der Waals surface area contributed by atoms with Gasteiger partial charge in [-0.2, -0.15) is 5.26 Å². The molecule has 0 aliphatic heterocycles. The van der Waals surface area contributed by atoms with Crippen molar-refractivity contribution in [3.8, 4) is 6.07 Å². The maximum Gasteiger partial charge on any atom is 0.241 e. The van der Waals surface area contributed by atoms with Gasteiger partial charge in [0.1, 0.15) is 6.07 Å². The van der Waals surface area contributed by atoms with E-state index in [1.165, 1.54) is 11.1 Å².